The van der Waals surface area contributed by atoms with E-state index in [-0.39, 0.29) is 0 Å². The molecule has 0 saturated carbocycles. The van der Waals surface area contributed by atoms with Crippen LogP contribution < -0.4 is 10.1 Å². The second-order valence-corrected chi connectivity index (χ2v) is 3.44. The molecule has 1 rings (SSSR count). The molecule has 1 heterocycles. The zero-order chi connectivity index (χ0) is 11.1. The quantitative estimate of drug-likeness (QED) is 0.700. The molecular formula is C11H18N2O2. The summed E-state index contributed by atoms with van der Waals surface area (Å²) in [5, 5.41) is 3.16. The summed E-state index contributed by atoms with van der Waals surface area (Å²) < 4.78 is 10.5. The average Bonchev–Trinajstić information content (AvgIpc) is 2.62. The van der Waals surface area contributed by atoms with Crippen molar-refractivity contribution in [1.82, 2.24) is 10.3 Å². The molecule has 0 spiro atoms. The molecule has 0 fully saturated rings. The van der Waals surface area contributed by atoms with Crippen molar-refractivity contribution < 1.29 is 9.15 Å². The van der Waals surface area contributed by atoms with Gasteiger partial charge in [0.1, 0.15) is 6.26 Å². The molecule has 0 aliphatic heterocycles. The van der Waals surface area contributed by atoms with E-state index in [0.29, 0.717) is 19.2 Å². The number of hydrogen-bond donors (Lipinski definition) is 1. The summed E-state index contributed by atoms with van der Waals surface area (Å²) >= 11 is 0. The number of oxazole rings is 1. The highest BCUT2D eigenvalue weighted by Gasteiger charge is 2.03. The van der Waals surface area contributed by atoms with Crippen LogP contribution in [0.25, 0.3) is 0 Å². The van der Waals surface area contributed by atoms with Crippen LogP contribution in [0.1, 0.15) is 26.0 Å². The molecule has 0 radical (unpaired) electrons. The predicted octanol–water partition coefficient (Wildman–Crippen LogP) is 2.13. The van der Waals surface area contributed by atoms with Crippen LogP contribution in [-0.4, -0.2) is 18.1 Å². The Hall–Kier alpha value is -1.29. The summed E-state index contributed by atoms with van der Waals surface area (Å²) in [6, 6.07) is 0. The summed E-state index contributed by atoms with van der Waals surface area (Å²) in [5.41, 5.74) is 1.96. The van der Waals surface area contributed by atoms with E-state index in [2.05, 4.69) is 16.9 Å². The molecule has 0 amide bonds. The highest BCUT2D eigenvalue weighted by molar-refractivity contribution is 4.99. The van der Waals surface area contributed by atoms with E-state index in [9.17, 15) is 0 Å². The van der Waals surface area contributed by atoms with Gasteiger partial charge in [-0.3, -0.25) is 0 Å². The van der Waals surface area contributed by atoms with Crippen molar-refractivity contribution in [3.8, 4) is 6.08 Å². The van der Waals surface area contributed by atoms with Crippen LogP contribution in [0.2, 0.25) is 0 Å². The van der Waals surface area contributed by atoms with E-state index >= 15 is 0 Å². The van der Waals surface area contributed by atoms with Crippen LogP contribution in [0.5, 0.6) is 6.08 Å². The maximum atomic E-state index is 5.31. The molecule has 0 aliphatic carbocycles. The molecule has 0 aliphatic rings. The van der Waals surface area contributed by atoms with Crippen LogP contribution in [0.4, 0.5) is 0 Å². The SMILES string of the molecule is C=C(C)CCOc1nc(CNCC)co1. The molecule has 1 N–H and O–H groups in total. The van der Waals surface area contributed by atoms with Gasteiger partial charge in [0.2, 0.25) is 0 Å². The Balaban J connectivity index is 2.29. The molecule has 0 saturated heterocycles. The third kappa shape index (κ3) is 4.65. The van der Waals surface area contributed by atoms with Gasteiger partial charge in [0.15, 0.2) is 0 Å². The first-order valence-electron chi connectivity index (χ1n) is 5.14. The Bertz CT molecular complexity index is 307. The Morgan fingerprint density at radius 2 is 2.47 bits per heavy atom. The monoisotopic (exact) mass is 210 g/mol. The maximum Gasteiger partial charge on any atom is 0.393 e. The Kier molecular flexibility index (Phi) is 4.90. The van der Waals surface area contributed by atoms with Gasteiger partial charge >= 0.3 is 6.08 Å². The molecule has 0 aromatic carbocycles. The van der Waals surface area contributed by atoms with Crippen LogP contribution in [0.3, 0.4) is 0 Å². The Morgan fingerprint density at radius 1 is 1.67 bits per heavy atom. The summed E-state index contributed by atoms with van der Waals surface area (Å²) in [6.07, 6.45) is 2.77. The average molecular weight is 210 g/mol. The number of rotatable bonds is 7. The van der Waals surface area contributed by atoms with Gasteiger partial charge in [-0.2, -0.15) is 4.98 Å². The predicted molar refractivity (Wildman–Crippen MR) is 58.8 cm³/mol. The van der Waals surface area contributed by atoms with Gasteiger partial charge in [0.05, 0.1) is 12.3 Å². The third-order valence-electron chi connectivity index (χ3n) is 1.84. The van der Waals surface area contributed by atoms with E-state index in [1.165, 1.54) is 0 Å². The number of ether oxygens (including phenoxy) is 1. The minimum absolute atomic E-state index is 0.337. The van der Waals surface area contributed by atoms with E-state index < -0.39 is 0 Å². The number of aromatic nitrogens is 1. The lowest BCUT2D eigenvalue weighted by Gasteiger charge is -1.99. The lowest BCUT2D eigenvalue weighted by Crippen LogP contribution is -2.11. The minimum Gasteiger partial charge on any atom is -0.450 e. The van der Waals surface area contributed by atoms with Crippen LogP contribution in [0, 0.1) is 0 Å². The van der Waals surface area contributed by atoms with Crippen molar-refractivity contribution in [2.24, 2.45) is 0 Å². The number of hydrogen-bond acceptors (Lipinski definition) is 4. The van der Waals surface area contributed by atoms with E-state index in [0.717, 1.165) is 24.2 Å². The molecule has 4 nitrogen and oxygen atoms in total. The largest absolute Gasteiger partial charge is 0.450 e. The van der Waals surface area contributed by atoms with Gasteiger partial charge in [0, 0.05) is 13.0 Å². The van der Waals surface area contributed by atoms with Crippen molar-refractivity contribution in [2.45, 2.75) is 26.8 Å². The highest BCUT2D eigenvalue weighted by Crippen LogP contribution is 2.10. The lowest BCUT2D eigenvalue weighted by atomic mass is 10.3. The topological polar surface area (TPSA) is 47.3 Å². The first-order chi connectivity index (χ1) is 7.22. The van der Waals surface area contributed by atoms with Gasteiger partial charge in [-0.1, -0.05) is 12.5 Å². The fraction of sp³-hybridized carbons (Fsp3) is 0.545. The summed E-state index contributed by atoms with van der Waals surface area (Å²) in [7, 11) is 0. The van der Waals surface area contributed by atoms with Gasteiger partial charge < -0.3 is 14.5 Å². The van der Waals surface area contributed by atoms with Crippen molar-refractivity contribution >= 4 is 0 Å². The Labute approximate surface area is 90.3 Å². The molecule has 15 heavy (non-hydrogen) atoms. The standard InChI is InChI=1S/C11H18N2O2/c1-4-12-7-10-8-15-11(13-10)14-6-5-9(2)3/h8,12H,2,4-7H2,1,3H3. The molecule has 0 bridgehead atoms. The second-order valence-electron chi connectivity index (χ2n) is 3.44. The molecule has 84 valence electrons. The Morgan fingerprint density at radius 3 is 3.13 bits per heavy atom. The molecule has 1 aromatic rings. The van der Waals surface area contributed by atoms with Crippen molar-refractivity contribution in [3.05, 3.63) is 24.1 Å². The van der Waals surface area contributed by atoms with Gasteiger partial charge in [-0.05, 0) is 13.5 Å². The second kappa shape index (κ2) is 6.24. The maximum absolute atomic E-state index is 5.31. The number of nitrogens with one attached hydrogen (secondary N) is 1. The lowest BCUT2D eigenvalue weighted by molar-refractivity contribution is 0.233. The molecule has 0 unspecified atom stereocenters. The highest BCUT2D eigenvalue weighted by atomic mass is 16.6. The van der Waals surface area contributed by atoms with Gasteiger partial charge in [-0.15, -0.1) is 6.58 Å². The van der Waals surface area contributed by atoms with Crippen molar-refractivity contribution in [1.29, 1.82) is 0 Å². The van der Waals surface area contributed by atoms with Crippen molar-refractivity contribution in [2.75, 3.05) is 13.2 Å². The zero-order valence-corrected chi connectivity index (χ0v) is 9.38. The van der Waals surface area contributed by atoms with Crippen LogP contribution in [-0.2, 0) is 6.54 Å². The smallest absolute Gasteiger partial charge is 0.393 e. The molecular weight excluding hydrogens is 192 g/mol. The van der Waals surface area contributed by atoms with E-state index in [4.69, 9.17) is 9.15 Å². The summed E-state index contributed by atoms with van der Waals surface area (Å²) in [6.45, 7) is 10.00. The number of nitrogens with zero attached hydrogens (tertiary/aromatic N) is 1. The summed E-state index contributed by atoms with van der Waals surface area (Å²) in [5.74, 6) is 0. The summed E-state index contributed by atoms with van der Waals surface area (Å²) in [4.78, 5) is 4.16. The normalized spacial score (nSPS) is 10.3. The molecule has 1 aromatic heterocycles. The van der Waals surface area contributed by atoms with Gasteiger partial charge in [-0.25, -0.2) is 0 Å². The fourth-order valence-electron chi connectivity index (χ4n) is 1.00. The fourth-order valence-corrected chi connectivity index (χ4v) is 1.00. The molecule has 4 heteroatoms. The van der Waals surface area contributed by atoms with E-state index in [1.54, 1.807) is 6.26 Å². The zero-order valence-electron chi connectivity index (χ0n) is 9.38. The van der Waals surface area contributed by atoms with Crippen LogP contribution in [0.15, 0.2) is 22.8 Å². The van der Waals surface area contributed by atoms with Gasteiger partial charge in [0.25, 0.3) is 0 Å². The molecule has 0 atom stereocenters. The van der Waals surface area contributed by atoms with Crippen molar-refractivity contribution in [3.63, 3.8) is 0 Å². The van der Waals surface area contributed by atoms with E-state index in [1.807, 2.05) is 13.8 Å². The minimum atomic E-state index is 0.337. The third-order valence-corrected chi connectivity index (χ3v) is 1.84. The first-order valence-corrected chi connectivity index (χ1v) is 5.14. The first kappa shape index (κ1) is 11.8. The van der Waals surface area contributed by atoms with Crippen LogP contribution >= 0.6 is 0 Å².